The zero-order chi connectivity index (χ0) is 12.8. The molecule has 0 N–H and O–H groups in total. The van der Waals surface area contributed by atoms with E-state index in [-0.39, 0.29) is 0 Å². The quantitative estimate of drug-likeness (QED) is 0.757. The first-order valence-electron chi connectivity index (χ1n) is 5.89. The van der Waals surface area contributed by atoms with Gasteiger partial charge in [0, 0.05) is 24.0 Å². The predicted octanol–water partition coefficient (Wildman–Crippen LogP) is 2.79. The van der Waals surface area contributed by atoms with Crippen LogP contribution in [-0.4, -0.2) is 34.5 Å². The van der Waals surface area contributed by atoms with Crippen molar-refractivity contribution in [3.05, 3.63) is 11.9 Å². The van der Waals surface area contributed by atoms with Crippen molar-refractivity contribution in [1.29, 1.82) is 0 Å². The Morgan fingerprint density at radius 1 is 1.41 bits per heavy atom. The molecule has 0 aromatic carbocycles. The Morgan fingerprint density at radius 2 is 2.12 bits per heavy atom. The van der Waals surface area contributed by atoms with Gasteiger partial charge in [-0.2, -0.15) is 4.98 Å². The maximum Gasteiger partial charge on any atom is 0.218 e. The molecule has 4 nitrogen and oxygen atoms in total. The van der Waals surface area contributed by atoms with E-state index in [9.17, 15) is 0 Å². The number of rotatable bonds is 6. The van der Waals surface area contributed by atoms with Crippen LogP contribution in [0.25, 0.3) is 0 Å². The Kier molecular flexibility index (Phi) is 5.68. The Balaban J connectivity index is 3.00. The smallest absolute Gasteiger partial charge is 0.218 e. The van der Waals surface area contributed by atoms with Crippen molar-refractivity contribution in [2.45, 2.75) is 33.7 Å². The van der Waals surface area contributed by atoms with Crippen LogP contribution in [0.15, 0.2) is 6.07 Å². The SMILES string of the molecule is CCOc1cc(N(CCBr)C(C)C)nc(C)n1. The molecule has 1 rings (SSSR count). The van der Waals surface area contributed by atoms with Crippen molar-refractivity contribution in [2.75, 3.05) is 23.4 Å². The summed E-state index contributed by atoms with van der Waals surface area (Å²) in [6.07, 6.45) is 0. The molecule has 96 valence electrons. The average Bonchev–Trinajstić information content (AvgIpc) is 2.25. The summed E-state index contributed by atoms with van der Waals surface area (Å²) >= 11 is 3.47. The van der Waals surface area contributed by atoms with Crippen molar-refractivity contribution in [1.82, 2.24) is 9.97 Å². The maximum atomic E-state index is 5.45. The molecule has 0 spiro atoms. The molecule has 0 fully saturated rings. The highest BCUT2D eigenvalue weighted by molar-refractivity contribution is 9.09. The Labute approximate surface area is 112 Å². The first-order chi connectivity index (χ1) is 8.08. The van der Waals surface area contributed by atoms with E-state index in [0.717, 1.165) is 23.5 Å². The van der Waals surface area contributed by atoms with E-state index in [1.807, 2.05) is 19.9 Å². The van der Waals surface area contributed by atoms with Crippen molar-refractivity contribution in [3.8, 4) is 5.88 Å². The van der Waals surface area contributed by atoms with Gasteiger partial charge in [-0.15, -0.1) is 0 Å². The molecule has 0 amide bonds. The highest BCUT2D eigenvalue weighted by Crippen LogP contribution is 2.19. The van der Waals surface area contributed by atoms with Gasteiger partial charge in [0.15, 0.2) is 0 Å². The van der Waals surface area contributed by atoms with Crippen LogP contribution in [0.2, 0.25) is 0 Å². The van der Waals surface area contributed by atoms with Gasteiger partial charge in [0.05, 0.1) is 6.61 Å². The highest BCUT2D eigenvalue weighted by Gasteiger charge is 2.13. The number of aromatic nitrogens is 2. The van der Waals surface area contributed by atoms with Crippen LogP contribution in [0.5, 0.6) is 5.88 Å². The minimum Gasteiger partial charge on any atom is -0.478 e. The summed E-state index contributed by atoms with van der Waals surface area (Å²) in [5.74, 6) is 2.32. The van der Waals surface area contributed by atoms with E-state index in [2.05, 4.69) is 44.6 Å². The number of ether oxygens (including phenoxy) is 1. The Morgan fingerprint density at radius 3 is 2.65 bits per heavy atom. The zero-order valence-electron chi connectivity index (χ0n) is 10.9. The second kappa shape index (κ2) is 6.79. The largest absolute Gasteiger partial charge is 0.478 e. The van der Waals surface area contributed by atoms with Gasteiger partial charge in [-0.25, -0.2) is 4.98 Å². The molecular weight excluding hydrogens is 282 g/mol. The lowest BCUT2D eigenvalue weighted by molar-refractivity contribution is 0.325. The molecule has 0 atom stereocenters. The molecule has 0 aliphatic heterocycles. The van der Waals surface area contributed by atoms with Gasteiger partial charge in [0.25, 0.3) is 0 Å². The predicted molar refractivity (Wildman–Crippen MR) is 74.2 cm³/mol. The van der Waals surface area contributed by atoms with Gasteiger partial charge >= 0.3 is 0 Å². The number of hydrogen-bond acceptors (Lipinski definition) is 4. The summed E-state index contributed by atoms with van der Waals surface area (Å²) in [5.41, 5.74) is 0. The van der Waals surface area contributed by atoms with Crippen LogP contribution in [-0.2, 0) is 0 Å². The fraction of sp³-hybridized carbons (Fsp3) is 0.667. The fourth-order valence-corrected chi connectivity index (χ4v) is 2.00. The molecule has 1 aromatic heterocycles. The van der Waals surface area contributed by atoms with Gasteiger partial charge in [0.1, 0.15) is 11.6 Å². The monoisotopic (exact) mass is 301 g/mol. The molecule has 17 heavy (non-hydrogen) atoms. The van der Waals surface area contributed by atoms with E-state index in [1.165, 1.54) is 0 Å². The van der Waals surface area contributed by atoms with Crippen LogP contribution in [0.3, 0.4) is 0 Å². The molecule has 5 heteroatoms. The molecule has 1 heterocycles. The van der Waals surface area contributed by atoms with Crippen molar-refractivity contribution >= 4 is 21.7 Å². The summed E-state index contributed by atoms with van der Waals surface area (Å²) in [5, 5.41) is 0.915. The summed E-state index contributed by atoms with van der Waals surface area (Å²) in [6.45, 7) is 9.69. The van der Waals surface area contributed by atoms with Crippen molar-refractivity contribution in [3.63, 3.8) is 0 Å². The number of alkyl halides is 1. The Bertz CT molecular complexity index is 358. The summed E-state index contributed by atoms with van der Waals surface area (Å²) in [6, 6.07) is 2.30. The lowest BCUT2D eigenvalue weighted by Gasteiger charge is -2.27. The van der Waals surface area contributed by atoms with Gasteiger partial charge < -0.3 is 9.64 Å². The number of aryl methyl sites for hydroxylation is 1. The lowest BCUT2D eigenvalue weighted by Crippen LogP contribution is -2.33. The molecular formula is C12H20BrN3O. The third-order valence-corrected chi connectivity index (χ3v) is 2.69. The third kappa shape index (κ3) is 4.15. The summed E-state index contributed by atoms with van der Waals surface area (Å²) < 4.78 is 5.45. The zero-order valence-corrected chi connectivity index (χ0v) is 12.5. The number of nitrogens with zero attached hydrogens (tertiary/aromatic N) is 3. The normalized spacial score (nSPS) is 10.7. The molecule has 0 bridgehead atoms. The molecule has 0 aliphatic rings. The van der Waals surface area contributed by atoms with Gasteiger partial charge in [-0.3, -0.25) is 0 Å². The van der Waals surface area contributed by atoms with Crippen LogP contribution < -0.4 is 9.64 Å². The first kappa shape index (κ1) is 14.2. The lowest BCUT2D eigenvalue weighted by atomic mass is 10.3. The van der Waals surface area contributed by atoms with Gasteiger partial charge in [-0.05, 0) is 27.7 Å². The summed E-state index contributed by atoms with van der Waals surface area (Å²) in [4.78, 5) is 11.0. The minimum absolute atomic E-state index is 0.399. The van der Waals surface area contributed by atoms with E-state index < -0.39 is 0 Å². The fourth-order valence-electron chi connectivity index (χ4n) is 1.62. The van der Waals surface area contributed by atoms with E-state index in [1.54, 1.807) is 0 Å². The topological polar surface area (TPSA) is 38.2 Å². The van der Waals surface area contributed by atoms with Crippen LogP contribution in [0.4, 0.5) is 5.82 Å². The van der Waals surface area contributed by atoms with E-state index >= 15 is 0 Å². The second-order valence-electron chi connectivity index (χ2n) is 4.02. The molecule has 0 unspecified atom stereocenters. The molecule has 0 radical (unpaired) electrons. The first-order valence-corrected chi connectivity index (χ1v) is 7.01. The molecule has 0 aliphatic carbocycles. The molecule has 1 aromatic rings. The van der Waals surface area contributed by atoms with E-state index in [4.69, 9.17) is 4.74 Å². The minimum atomic E-state index is 0.399. The molecule has 0 saturated heterocycles. The van der Waals surface area contributed by atoms with Crippen LogP contribution in [0, 0.1) is 6.92 Å². The average molecular weight is 302 g/mol. The number of anilines is 1. The third-order valence-electron chi connectivity index (χ3n) is 2.34. The van der Waals surface area contributed by atoms with Crippen molar-refractivity contribution in [2.24, 2.45) is 0 Å². The highest BCUT2D eigenvalue weighted by atomic mass is 79.9. The van der Waals surface area contributed by atoms with Crippen LogP contribution in [0.1, 0.15) is 26.6 Å². The Hall–Kier alpha value is -0.840. The number of halogens is 1. The van der Waals surface area contributed by atoms with E-state index in [0.29, 0.717) is 18.5 Å². The standard InChI is InChI=1S/C12H20BrN3O/c1-5-17-12-8-11(14-10(4)15-12)16(7-6-13)9(2)3/h8-9H,5-7H2,1-4H3. The number of hydrogen-bond donors (Lipinski definition) is 0. The van der Waals surface area contributed by atoms with Crippen molar-refractivity contribution < 1.29 is 4.74 Å². The maximum absolute atomic E-state index is 5.45. The summed E-state index contributed by atoms with van der Waals surface area (Å²) in [7, 11) is 0. The molecule has 0 saturated carbocycles. The van der Waals surface area contributed by atoms with Gasteiger partial charge in [0.2, 0.25) is 5.88 Å². The second-order valence-corrected chi connectivity index (χ2v) is 4.81. The van der Waals surface area contributed by atoms with Gasteiger partial charge in [-0.1, -0.05) is 15.9 Å². The van der Waals surface area contributed by atoms with Crippen LogP contribution >= 0.6 is 15.9 Å².